The summed E-state index contributed by atoms with van der Waals surface area (Å²) in [6, 6.07) is 0. The van der Waals surface area contributed by atoms with Crippen molar-refractivity contribution in [2.45, 2.75) is 51.0 Å². The molecule has 2 unspecified atom stereocenters. The van der Waals surface area contributed by atoms with E-state index in [1.54, 1.807) is 0 Å². The quantitative estimate of drug-likeness (QED) is 0.529. The number of hydrogen-bond donors (Lipinski definition) is 0. The van der Waals surface area contributed by atoms with Crippen LogP contribution < -0.4 is 0 Å². The molecular weight excluding hydrogens is 250 g/mol. The van der Waals surface area contributed by atoms with Crippen molar-refractivity contribution in [3.8, 4) is 0 Å². The molecule has 0 spiro atoms. The number of rotatable bonds is 4. The Labute approximate surface area is 102 Å². The van der Waals surface area contributed by atoms with E-state index in [-0.39, 0.29) is 0 Å². The lowest BCUT2D eigenvalue weighted by Crippen LogP contribution is -2.48. The van der Waals surface area contributed by atoms with Gasteiger partial charge in [0.25, 0.3) is 10.2 Å². The Bertz CT molecular complexity index is 336. The van der Waals surface area contributed by atoms with E-state index in [1.165, 1.54) is 27.7 Å². The minimum atomic E-state index is -1.36. The van der Waals surface area contributed by atoms with Gasteiger partial charge in [-0.3, -0.25) is 0 Å². The fraction of sp³-hybridized carbons (Fsp3) is 1.00. The first kappa shape index (κ1) is 14.4. The van der Waals surface area contributed by atoms with Gasteiger partial charge in [0, 0.05) is 0 Å². The van der Waals surface area contributed by atoms with Crippen molar-refractivity contribution in [1.29, 1.82) is 0 Å². The lowest BCUT2D eigenvalue weighted by Gasteiger charge is -2.32. The summed E-state index contributed by atoms with van der Waals surface area (Å²) in [5.41, 5.74) is -2.64. The smallest absolute Gasteiger partial charge is 0.294 e. The Morgan fingerprint density at radius 2 is 1.22 bits per heavy atom. The van der Waals surface area contributed by atoms with E-state index in [0.29, 0.717) is 5.06 Å². The lowest BCUT2D eigenvalue weighted by atomic mass is 9.94. The Balaban J connectivity index is 3.14. The molecule has 0 bridgehead atoms. The minimum absolute atomic E-state index is 0.530. The Morgan fingerprint density at radius 3 is 1.44 bits per heavy atom. The van der Waals surface area contributed by atoms with E-state index in [1.807, 2.05) is 0 Å². The highest BCUT2D eigenvalue weighted by atomic mass is 17.0. The highest BCUT2D eigenvalue weighted by molar-refractivity contribution is 5.09. The second-order valence-electron chi connectivity index (χ2n) is 5.10. The maximum atomic E-state index is 12.0. The molecule has 1 rings (SSSR count). The van der Waals surface area contributed by atoms with Gasteiger partial charge in [0.15, 0.2) is 12.2 Å². The van der Waals surface area contributed by atoms with E-state index >= 15 is 0 Å². The van der Waals surface area contributed by atoms with Gasteiger partial charge < -0.3 is 9.68 Å². The normalized spacial score (nSPS) is 29.8. The van der Waals surface area contributed by atoms with Crippen molar-refractivity contribution in [1.82, 2.24) is 5.06 Å². The summed E-state index contributed by atoms with van der Waals surface area (Å²) in [5, 5.41) is 31.3. The standard InChI is InChI=1S/C8H14N3O7/c1-7(2)5(17-10(13)14)6(18-11(15)16)8(3,4)9(7)12/h5-6H,1-4H3. The van der Waals surface area contributed by atoms with Gasteiger partial charge in [0.1, 0.15) is 0 Å². The van der Waals surface area contributed by atoms with Gasteiger partial charge in [-0.2, -0.15) is 0 Å². The SMILES string of the molecule is CC1(C)C(O[N+](=O)[O-])C(O[N+](=O)[O-])C(C)(C)N1[O]. The molecule has 10 heteroatoms. The molecule has 0 saturated carbocycles. The van der Waals surface area contributed by atoms with Crippen molar-refractivity contribution < 1.29 is 25.1 Å². The zero-order chi connectivity index (χ0) is 14.3. The van der Waals surface area contributed by atoms with Gasteiger partial charge in [0.05, 0.1) is 11.1 Å². The van der Waals surface area contributed by atoms with E-state index in [9.17, 15) is 25.4 Å². The van der Waals surface area contributed by atoms with Crippen molar-refractivity contribution in [3.63, 3.8) is 0 Å². The molecule has 2 atom stereocenters. The molecule has 10 nitrogen and oxygen atoms in total. The second kappa shape index (κ2) is 4.21. The maximum Gasteiger partial charge on any atom is 0.294 e. The summed E-state index contributed by atoms with van der Waals surface area (Å²) in [6.07, 6.45) is -2.71. The van der Waals surface area contributed by atoms with Gasteiger partial charge in [-0.1, -0.05) is 0 Å². The fourth-order valence-electron chi connectivity index (χ4n) is 2.27. The van der Waals surface area contributed by atoms with Crippen LogP contribution in [0.25, 0.3) is 0 Å². The molecule has 0 N–H and O–H groups in total. The van der Waals surface area contributed by atoms with Crippen molar-refractivity contribution in [2.75, 3.05) is 0 Å². The zero-order valence-electron chi connectivity index (χ0n) is 10.4. The monoisotopic (exact) mass is 264 g/mol. The fourth-order valence-corrected chi connectivity index (χ4v) is 2.27. The summed E-state index contributed by atoms with van der Waals surface area (Å²) in [4.78, 5) is 29.7. The maximum absolute atomic E-state index is 12.0. The molecule has 0 amide bonds. The van der Waals surface area contributed by atoms with Crippen LogP contribution in [0, 0.1) is 20.2 Å². The molecule has 1 saturated heterocycles. The van der Waals surface area contributed by atoms with Crippen LogP contribution in [0.5, 0.6) is 0 Å². The van der Waals surface area contributed by atoms with Crippen LogP contribution in [0.1, 0.15) is 27.7 Å². The summed E-state index contributed by atoms with van der Waals surface area (Å²) in [7, 11) is 0. The largest absolute Gasteiger partial charge is 0.306 e. The molecule has 1 radical (unpaired) electrons. The zero-order valence-corrected chi connectivity index (χ0v) is 10.4. The number of hydrogen-bond acceptors (Lipinski definition) is 7. The topological polar surface area (TPSA) is 128 Å². The van der Waals surface area contributed by atoms with Gasteiger partial charge >= 0.3 is 0 Å². The van der Waals surface area contributed by atoms with Crippen LogP contribution in [0.2, 0.25) is 0 Å². The highest BCUT2D eigenvalue weighted by Gasteiger charge is 2.63. The molecule has 0 aliphatic carbocycles. The van der Waals surface area contributed by atoms with Crippen molar-refractivity contribution >= 4 is 0 Å². The molecule has 103 valence electrons. The van der Waals surface area contributed by atoms with Crippen LogP contribution in [0.15, 0.2) is 0 Å². The lowest BCUT2D eigenvalue weighted by molar-refractivity contribution is -0.799. The first-order valence-corrected chi connectivity index (χ1v) is 5.11. The van der Waals surface area contributed by atoms with Crippen LogP contribution in [0.4, 0.5) is 0 Å². The molecule has 18 heavy (non-hydrogen) atoms. The van der Waals surface area contributed by atoms with Gasteiger partial charge in [-0.15, -0.1) is 30.5 Å². The molecule has 0 aromatic carbocycles. The second-order valence-corrected chi connectivity index (χ2v) is 5.10. The third-order valence-corrected chi connectivity index (χ3v) is 3.11. The Hall–Kier alpha value is -1.68. The van der Waals surface area contributed by atoms with E-state index in [4.69, 9.17) is 0 Å². The predicted octanol–water partition coefficient (Wildman–Crippen LogP) is 0.359. The molecule has 1 heterocycles. The average Bonchev–Trinajstić information content (AvgIpc) is 2.30. The summed E-state index contributed by atoms with van der Waals surface area (Å²) < 4.78 is 0. The number of hydroxylamine groups is 2. The van der Waals surface area contributed by atoms with Gasteiger partial charge in [-0.05, 0) is 27.7 Å². The predicted molar refractivity (Wildman–Crippen MR) is 54.4 cm³/mol. The Kier molecular flexibility index (Phi) is 3.36. The van der Waals surface area contributed by atoms with E-state index in [2.05, 4.69) is 9.68 Å². The average molecular weight is 264 g/mol. The van der Waals surface area contributed by atoms with Gasteiger partial charge in [0.2, 0.25) is 0 Å². The third-order valence-electron chi connectivity index (χ3n) is 3.11. The number of nitrogens with zero attached hydrogens (tertiary/aromatic N) is 3. The molecular formula is C8H14N3O7. The van der Waals surface area contributed by atoms with Crippen LogP contribution in [-0.4, -0.2) is 38.5 Å². The molecule has 1 fully saturated rings. The van der Waals surface area contributed by atoms with Crippen LogP contribution in [0.3, 0.4) is 0 Å². The van der Waals surface area contributed by atoms with Crippen molar-refractivity contribution in [2.24, 2.45) is 0 Å². The first-order valence-electron chi connectivity index (χ1n) is 5.11. The van der Waals surface area contributed by atoms with Crippen molar-refractivity contribution in [3.05, 3.63) is 20.2 Å². The molecule has 0 aromatic rings. The minimum Gasteiger partial charge on any atom is -0.306 e. The van der Waals surface area contributed by atoms with E-state index in [0.717, 1.165) is 0 Å². The first-order chi connectivity index (χ1) is 8.01. The van der Waals surface area contributed by atoms with Gasteiger partial charge in [-0.25, -0.2) is 0 Å². The highest BCUT2D eigenvalue weighted by Crippen LogP contribution is 2.43. The summed E-state index contributed by atoms with van der Waals surface area (Å²) in [6.45, 7) is 5.61. The molecule has 1 aliphatic rings. The molecule has 1 aliphatic heterocycles. The summed E-state index contributed by atoms with van der Waals surface area (Å²) in [5.74, 6) is 0. The molecule has 0 aromatic heterocycles. The Morgan fingerprint density at radius 1 is 0.944 bits per heavy atom. The van der Waals surface area contributed by atoms with Crippen LogP contribution in [-0.2, 0) is 14.9 Å². The van der Waals surface area contributed by atoms with E-state index < -0.39 is 33.5 Å². The van der Waals surface area contributed by atoms with Crippen LogP contribution >= 0.6 is 0 Å². The third kappa shape index (κ3) is 2.16. The summed E-state index contributed by atoms with van der Waals surface area (Å²) >= 11 is 0.